The zero-order valence-corrected chi connectivity index (χ0v) is 21.1. The predicted octanol–water partition coefficient (Wildman–Crippen LogP) is 5.90. The van der Waals surface area contributed by atoms with Crippen molar-refractivity contribution in [2.45, 2.75) is 17.2 Å². The number of benzene rings is 3. The molecule has 37 heavy (non-hydrogen) atoms. The predicted molar refractivity (Wildman–Crippen MR) is 138 cm³/mol. The van der Waals surface area contributed by atoms with Crippen LogP contribution in [-0.2, 0) is 33.0 Å². The van der Waals surface area contributed by atoms with Crippen molar-refractivity contribution < 1.29 is 26.7 Å². The van der Waals surface area contributed by atoms with E-state index in [9.17, 15) is 10.1 Å². The average Bonchev–Trinajstić information content (AvgIpc) is 3.74. The topological polar surface area (TPSA) is 52.4 Å². The van der Waals surface area contributed by atoms with Crippen LogP contribution in [0.25, 0.3) is 0 Å². The maximum atomic E-state index is 12.8. The van der Waals surface area contributed by atoms with E-state index >= 15 is 0 Å². The fraction of sp³-hybridized carbons (Fsp3) is 0.125. The number of ether oxygens (including phenoxy) is 1. The first-order valence-electron chi connectivity index (χ1n) is 12.1. The van der Waals surface area contributed by atoms with Gasteiger partial charge in [0.1, 0.15) is 5.60 Å². The van der Waals surface area contributed by atoms with Crippen molar-refractivity contribution >= 4 is 0 Å². The van der Waals surface area contributed by atoms with E-state index in [1.54, 1.807) is 0 Å². The smallest absolute Gasteiger partial charge is 0.342 e. The van der Waals surface area contributed by atoms with Gasteiger partial charge in [-0.15, -0.1) is 0 Å². The maximum Gasteiger partial charge on any atom is 2.00 e. The second kappa shape index (κ2) is 10.7. The van der Waals surface area contributed by atoms with Gasteiger partial charge >= 0.3 is 17.1 Å². The van der Waals surface area contributed by atoms with Crippen molar-refractivity contribution in [3.8, 4) is 0 Å². The summed E-state index contributed by atoms with van der Waals surface area (Å²) in [5.74, 6) is 0.466. The van der Waals surface area contributed by atoms with E-state index in [0.29, 0.717) is 0 Å². The molecule has 4 atom stereocenters. The standard InChI is InChI=1S/C27H20NO3.C5H5.Fe/c29-28(30)25-24(19-11-7-8-12-19)26(20-13-3-1-4-14-20)22-17-9-10-18-23(22)27(25,31-26)21-15-5-2-6-16-21;1-2-4-5-3-1;/h1-18,24-25H;1-5H;/q;;+2/t24-,25-,26-,27+;;/m1../s1. The molecule has 3 aromatic carbocycles. The molecule has 4 nitrogen and oxygen atoms in total. The van der Waals surface area contributed by atoms with Gasteiger partial charge in [-0.25, -0.2) is 0 Å². The van der Waals surface area contributed by atoms with Gasteiger partial charge in [0, 0.05) is 10.5 Å². The SMILES string of the molecule is O=[N+]([O-])[C@@H]1[C@@H]([C]2[CH][CH][CH][CH]2)[C@]2(c3ccccc3)O[C@@]1(c1ccccc1)c1ccccc12.[CH]1[CH][CH][CH][CH]1.[Fe+2]. The molecule has 0 N–H and O–H groups in total. The number of fused-ring (bicyclic) bond motifs is 5. The largest absolute Gasteiger partial charge is 2.00 e. The third-order valence-electron chi connectivity index (χ3n) is 7.46. The maximum absolute atomic E-state index is 12.8. The van der Waals surface area contributed by atoms with Crippen molar-refractivity contribution in [1.29, 1.82) is 0 Å². The Bertz CT molecular complexity index is 1200. The normalized spacial score (nSPS) is 29.7. The molecule has 0 aromatic heterocycles. The van der Waals surface area contributed by atoms with Gasteiger partial charge < -0.3 is 4.74 Å². The summed E-state index contributed by atoms with van der Waals surface area (Å²) in [7, 11) is 0. The Morgan fingerprint density at radius 1 is 0.622 bits per heavy atom. The van der Waals surface area contributed by atoms with E-state index in [1.165, 1.54) is 0 Å². The van der Waals surface area contributed by atoms with Gasteiger partial charge in [0.05, 0.1) is 5.92 Å². The summed E-state index contributed by atoms with van der Waals surface area (Å²) in [6.45, 7) is 0. The average molecular weight is 527 g/mol. The van der Waals surface area contributed by atoms with Crippen molar-refractivity contribution in [2.75, 3.05) is 0 Å². The minimum Gasteiger partial charge on any atom is -0.342 e. The van der Waals surface area contributed by atoms with Crippen LogP contribution in [-0.4, -0.2) is 11.0 Å². The Morgan fingerprint density at radius 2 is 1.05 bits per heavy atom. The van der Waals surface area contributed by atoms with E-state index in [0.717, 1.165) is 28.2 Å². The zero-order valence-electron chi connectivity index (χ0n) is 20.0. The third-order valence-corrected chi connectivity index (χ3v) is 7.46. The molecule has 3 aromatic rings. The summed E-state index contributed by atoms with van der Waals surface area (Å²) in [5.41, 5.74) is 1.54. The van der Waals surface area contributed by atoms with Gasteiger partial charge in [-0.3, -0.25) is 10.1 Å². The van der Waals surface area contributed by atoms with Crippen LogP contribution < -0.4 is 0 Å². The van der Waals surface area contributed by atoms with E-state index in [2.05, 4.69) is 6.07 Å². The summed E-state index contributed by atoms with van der Waals surface area (Å²) >= 11 is 0. The van der Waals surface area contributed by atoms with Crippen LogP contribution in [0.4, 0.5) is 0 Å². The molecule has 2 saturated carbocycles. The van der Waals surface area contributed by atoms with Crippen LogP contribution in [0.1, 0.15) is 22.3 Å². The third kappa shape index (κ3) is 4.07. The molecule has 1 saturated heterocycles. The first kappa shape index (κ1) is 26.2. The summed E-state index contributed by atoms with van der Waals surface area (Å²) in [4.78, 5) is 12.7. The molecule has 0 amide bonds. The summed E-state index contributed by atoms with van der Waals surface area (Å²) in [5, 5.41) is 12.8. The Hall–Kier alpha value is -2.46. The Morgan fingerprint density at radius 3 is 1.54 bits per heavy atom. The molecule has 2 heterocycles. The molecule has 7 rings (SSSR count). The monoisotopic (exact) mass is 527 g/mol. The zero-order chi connectivity index (χ0) is 24.6. The second-order valence-electron chi connectivity index (χ2n) is 9.24. The van der Waals surface area contributed by atoms with E-state index in [-0.39, 0.29) is 22.0 Å². The van der Waals surface area contributed by atoms with Gasteiger partial charge in [0.2, 0.25) is 0 Å². The molecule has 10 radical (unpaired) electrons. The fourth-order valence-electron chi connectivity index (χ4n) is 6.16. The number of hydrogen-bond donors (Lipinski definition) is 0. The number of hydrogen-bond acceptors (Lipinski definition) is 3. The number of nitro groups is 1. The summed E-state index contributed by atoms with van der Waals surface area (Å²) in [6, 6.07) is 26.7. The Balaban J connectivity index is 0.000000421. The van der Waals surface area contributed by atoms with Gasteiger partial charge in [-0.05, 0) is 80.4 Å². The van der Waals surface area contributed by atoms with Crippen LogP contribution in [0, 0.1) is 79.7 Å². The number of nitrogens with zero attached hydrogens (tertiary/aromatic N) is 1. The minimum atomic E-state index is -1.17. The molecule has 5 heteroatoms. The van der Waals surface area contributed by atoms with Gasteiger partial charge in [0.25, 0.3) is 6.04 Å². The van der Waals surface area contributed by atoms with E-state index < -0.39 is 23.2 Å². The summed E-state index contributed by atoms with van der Waals surface area (Å²) in [6.07, 6.45) is 17.9. The van der Waals surface area contributed by atoms with Gasteiger partial charge in [-0.1, -0.05) is 84.9 Å². The van der Waals surface area contributed by atoms with Crippen molar-refractivity contribution in [3.05, 3.63) is 181 Å². The van der Waals surface area contributed by atoms with E-state index in [1.807, 2.05) is 137 Å². The van der Waals surface area contributed by atoms with Crippen molar-refractivity contribution in [2.24, 2.45) is 5.92 Å². The molecule has 2 aliphatic heterocycles. The molecule has 2 aliphatic carbocycles. The molecule has 2 bridgehead atoms. The van der Waals surface area contributed by atoms with Crippen LogP contribution in [0.2, 0.25) is 0 Å². The fourth-order valence-corrected chi connectivity index (χ4v) is 6.16. The molecular formula is C32H25FeNO3+2. The Labute approximate surface area is 230 Å². The van der Waals surface area contributed by atoms with Crippen molar-refractivity contribution in [3.63, 3.8) is 0 Å². The molecule has 3 fully saturated rings. The molecule has 0 unspecified atom stereocenters. The minimum absolute atomic E-state index is 0. The van der Waals surface area contributed by atoms with Crippen LogP contribution in [0.5, 0.6) is 0 Å². The summed E-state index contributed by atoms with van der Waals surface area (Å²) < 4.78 is 7.06. The Kier molecular flexibility index (Phi) is 7.58. The molecular weight excluding hydrogens is 502 g/mol. The quantitative estimate of drug-likeness (QED) is 0.241. The van der Waals surface area contributed by atoms with Crippen LogP contribution in [0.15, 0.2) is 84.9 Å². The molecule has 182 valence electrons. The van der Waals surface area contributed by atoms with Gasteiger partial charge in [0.15, 0.2) is 5.60 Å². The number of rotatable bonds is 4. The van der Waals surface area contributed by atoms with Crippen molar-refractivity contribution in [1.82, 2.24) is 0 Å². The van der Waals surface area contributed by atoms with Gasteiger partial charge in [-0.2, -0.15) is 0 Å². The second-order valence-corrected chi connectivity index (χ2v) is 9.24. The first-order chi connectivity index (χ1) is 17.7. The molecule has 0 spiro atoms. The van der Waals surface area contributed by atoms with E-state index in [4.69, 9.17) is 4.74 Å². The van der Waals surface area contributed by atoms with Crippen LogP contribution in [0.3, 0.4) is 0 Å². The first-order valence-corrected chi connectivity index (χ1v) is 12.1. The molecule has 4 aliphatic rings. The van der Waals surface area contributed by atoms with Crippen LogP contribution >= 0.6 is 0 Å².